The summed E-state index contributed by atoms with van der Waals surface area (Å²) in [5.41, 5.74) is 5.40. The van der Waals surface area contributed by atoms with E-state index in [-0.39, 0.29) is 11.8 Å². The predicted molar refractivity (Wildman–Crippen MR) is 59.2 cm³/mol. The molecule has 4 N–H and O–H groups in total. The monoisotopic (exact) mass is 237 g/mol. The average molecular weight is 237 g/mol. The van der Waals surface area contributed by atoms with Gasteiger partial charge in [0.2, 0.25) is 10.0 Å². The van der Waals surface area contributed by atoms with E-state index in [1.807, 2.05) is 0 Å². The minimum atomic E-state index is -3.42. The van der Waals surface area contributed by atoms with Gasteiger partial charge in [-0.1, -0.05) is 19.0 Å². The van der Waals surface area contributed by atoms with Crippen molar-refractivity contribution in [1.29, 1.82) is 0 Å². The summed E-state index contributed by atoms with van der Waals surface area (Å²) in [6.07, 6.45) is 0. The fraction of sp³-hybridized carbons (Fsp3) is 0.875. The summed E-state index contributed by atoms with van der Waals surface area (Å²) < 4.78 is 25.5. The van der Waals surface area contributed by atoms with Crippen molar-refractivity contribution in [2.45, 2.75) is 39.0 Å². The first-order valence-electron chi connectivity index (χ1n) is 4.71. The molecule has 0 radical (unpaired) electrons. The first-order valence-corrected chi connectivity index (χ1v) is 6.25. The highest BCUT2D eigenvalue weighted by Gasteiger charge is 2.26. The number of oxime groups is 1. The first-order chi connectivity index (χ1) is 6.72. The smallest absolute Gasteiger partial charge is 0.214 e. The Bertz CT molecular complexity index is 322. The van der Waals surface area contributed by atoms with Crippen molar-refractivity contribution in [3.8, 4) is 0 Å². The van der Waals surface area contributed by atoms with Crippen molar-refractivity contribution in [3.63, 3.8) is 0 Å². The summed E-state index contributed by atoms with van der Waals surface area (Å²) in [5, 5.41) is 10.8. The quantitative estimate of drug-likeness (QED) is 0.272. The van der Waals surface area contributed by atoms with Gasteiger partial charge in [-0.3, -0.25) is 0 Å². The number of sulfonamides is 1. The van der Waals surface area contributed by atoms with Crippen LogP contribution in [0.25, 0.3) is 0 Å². The van der Waals surface area contributed by atoms with E-state index in [0.717, 1.165) is 0 Å². The summed E-state index contributed by atoms with van der Waals surface area (Å²) in [6.45, 7) is 6.69. The molecule has 0 fully saturated rings. The van der Waals surface area contributed by atoms with Crippen LogP contribution >= 0.6 is 0 Å². The van der Waals surface area contributed by atoms with Crippen LogP contribution in [0, 0.1) is 5.92 Å². The van der Waals surface area contributed by atoms with Crippen molar-refractivity contribution in [2.24, 2.45) is 16.8 Å². The second kappa shape index (κ2) is 5.32. The Morgan fingerprint density at radius 2 is 1.80 bits per heavy atom. The van der Waals surface area contributed by atoms with Crippen molar-refractivity contribution >= 4 is 15.9 Å². The zero-order valence-electron chi connectivity index (χ0n) is 9.43. The molecule has 0 saturated heterocycles. The van der Waals surface area contributed by atoms with Crippen molar-refractivity contribution in [1.82, 2.24) is 4.72 Å². The third-order valence-electron chi connectivity index (χ3n) is 2.01. The maximum atomic E-state index is 11.6. The molecular formula is C8H19N3O3S. The van der Waals surface area contributed by atoms with Crippen LogP contribution in [0.1, 0.15) is 27.7 Å². The Morgan fingerprint density at radius 1 is 1.33 bits per heavy atom. The van der Waals surface area contributed by atoms with Gasteiger partial charge in [0.1, 0.15) is 0 Å². The molecular weight excluding hydrogens is 218 g/mol. The number of nitrogens with zero attached hydrogens (tertiary/aromatic N) is 1. The second-order valence-corrected chi connectivity index (χ2v) is 6.23. The van der Waals surface area contributed by atoms with Crippen LogP contribution in [0.15, 0.2) is 5.16 Å². The van der Waals surface area contributed by atoms with Crippen LogP contribution in [0.4, 0.5) is 0 Å². The molecule has 7 heteroatoms. The molecule has 0 spiro atoms. The van der Waals surface area contributed by atoms with Gasteiger partial charge in [-0.15, -0.1) is 0 Å². The Labute approximate surface area is 90.6 Å². The Morgan fingerprint density at radius 3 is 2.07 bits per heavy atom. The van der Waals surface area contributed by atoms with Crippen LogP contribution in [0.2, 0.25) is 0 Å². The first kappa shape index (κ1) is 14.2. The fourth-order valence-electron chi connectivity index (χ4n) is 0.913. The van der Waals surface area contributed by atoms with E-state index in [1.54, 1.807) is 27.7 Å². The minimum absolute atomic E-state index is 0.0885. The SMILES string of the molecule is CC(C)C(NS(=O)(=O)C(C)C)C(N)=NO. The van der Waals surface area contributed by atoms with Gasteiger partial charge in [0.05, 0.1) is 11.3 Å². The lowest BCUT2D eigenvalue weighted by atomic mass is 10.1. The standard InChI is InChI=1S/C8H19N3O3S/c1-5(2)7(8(9)10-12)11-15(13,14)6(3)4/h5-7,11-12H,1-4H3,(H2,9,10). The lowest BCUT2D eigenvalue weighted by Gasteiger charge is -2.21. The zero-order valence-corrected chi connectivity index (χ0v) is 10.2. The van der Waals surface area contributed by atoms with E-state index in [2.05, 4.69) is 9.88 Å². The van der Waals surface area contributed by atoms with E-state index < -0.39 is 21.3 Å². The molecule has 0 aromatic rings. The van der Waals surface area contributed by atoms with E-state index in [1.165, 1.54) is 0 Å². The molecule has 15 heavy (non-hydrogen) atoms. The highest BCUT2D eigenvalue weighted by molar-refractivity contribution is 7.90. The van der Waals surface area contributed by atoms with Gasteiger partial charge >= 0.3 is 0 Å². The zero-order chi connectivity index (χ0) is 12.2. The molecule has 0 aliphatic heterocycles. The predicted octanol–water partition coefficient (Wildman–Crippen LogP) is 0.0852. The van der Waals surface area contributed by atoms with E-state index in [9.17, 15) is 8.42 Å². The number of hydrogen-bond donors (Lipinski definition) is 3. The Kier molecular flexibility index (Phi) is 5.02. The van der Waals surface area contributed by atoms with Gasteiger partial charge in [-0.25, -0.2) is 13.1 Å². The largest absolute Gasteiger partial charge is 0.409 e. The third kappa shape index (κ3) is 4.05. The molecule has 0 rings (SSSR count). The summed E-state index contributed by atoms with van der Waals surface area (Å²) in [5.74, 6) is -0.219. The number of hydrogen-bond acceptors (Lipinski definition) is 4. The highest BCUT2D eigenvalue weighted by Crippen LogP contribution is 2.06. The normalized spacial score (nSPS) is 16.0. The van der Waals surface area contributed by atoms with Gasteiger partial charge in [0.25, 0.3) is 0 Å². The van der Waals surface area contributed by atoms with Gasteiger partial charge in [0, 0.05) is 0 Å². The topological polar surface area (TPSA) is 105 Å². The van der Waals surface area contributed by atoms with Crippen LogP contribution in [-0.2, 0) is 10.0 Å². The maximum Gasteiger partial charge on any atom is 0.214 e. The minimum Gasteiger partial charge on any atom is -0.409 e. The van der Waals surface area contributed by atoms with E-state index in [0.29, 0.717) is 0 Å². The Hall–Kier alpha value is -0.820. The number of nitrogens with one attached hydrogen (secondary N) is 1. The highest BCUT2D eigenvalue weighted by atomic mass is 32.2. The molecule has 0 saturated carbocycles. The lowest BCUT2D eigenvalue weighted by molar-refractivity contribution is 0.313. The van der Waals surface area contributed by atoms with E-state index >= 15 is 0 Å². The Balaban J connectivity index is 4.87. The molecule has 0 aromatic carbocycles. The molecule has 1 atom stereocenters. The molecule has 0 heterocycles. The molecule has 0 amide bonds. The van der Waals surface area contributed by atoms with E-state index in [4.69, 9.17) is 10.9 Å². The van der Waals surface area contributed by atoms with Gasteiger partial charge in [0.15, 0.2) is 5.84 Å². The molecule has 90 valence electrons. The van der Waals surface area contributed by atoms with Crippen LogP contribution < -0.4 is 10.5 Å². The van der Waals surface area contributed by atoms with Crippen LogP contribution in [0.5, 0.6) is 0 Å². The molecule has 6 nitrogen and oxygen atoms in total. The molecule has 0 aliphatic carbocycles. The van der Waals surface area contributed by atoms with Gasteiger partial charge in [-0.2, -0.15) is 0 Å². The summed E-state index contributed by atoms with van der Waals surface area (Å²) in [7, 11) is -3.42. The third-order valence-corrected chi connectivity index (χ3v) is 3.84. The molecule has 1 unspecified atom stereocenters. The second-order valence-electron chi connectivity index (χ2n) is 3.96. The number of nitrogens with two attached hydrogens (primary N) is 1. The van der Waals surface area contributed by atoms with Crippen molar-refractivity contribution in [3.05, 3.63) is 0 Å². The van der Waals surface area contributed by atoms with Crippen LogP contribution in [-0.4, -0.2) is 30.8 Å². The molecule has 0 bridgehead atoms. The number of amidine groups is 1. The number of rotatable bonds is 5. The maximum absolute atomic E-state index is 11.6. The summed E-state index contributed by atoms with van der Waals surface area (Å²) >= 11 is 0. The fourth-order valence-corrected chi connectivity index (χ4v) is 1.93. The van der Waals surface area contributed by atoms with Gasteiger partial charge < -0.3 is 10.9 Å². The van der Waals surface area contributed by atoms with Crippen LogP contribution in [0.3, 0.4) is 0 Å². The average Bonchev–Trinajstić information content (AvgIpc) is 2.12. The molecule has 0 aliphatic rings. The van der Waals surface area contributed by atoms with Crippen molar-refractivity contribution in [2.75, 3.05) is 0 Å². The van der Waals surface area contributed by atoms with Crippen molar-refractivity contribution < 1.29 is 13.6 Å². The summed E-state index contributed by atoms with van der Waals surface area (Å²) in [6, 6.07) is -0.678. The lowest BCUT2D eigenvalue weighted by Crippen LogP contribution is -2.49. The summed E-state index contributed by atoms with van der Waals surface area (Å²) in [4.78, 5) is 0. The molecule has 0 aromatic heterocycles. The van der Waals surface area contributed by atoms with Gasteiger partial charge in [-0.05, 0) is 19.8 Å².